The van der Waals surface area contributed by atoms with Crippen molar-refractivity contribution in [3.05, 3.63) is 65.7 Å². The number of benzene rings is 2. The van der Waals surface area contributed by atoms with Gasteiger partial charge in [-0.1, -0.05) is 42.5 Å². The molecular formula is C26H35N3O5. The van der Waals surface area contributed by atoms with Crippen LogP contribution < -0.4 is 10.6 Å². The molecule has 0 aliphatic heterocycles. The maximum atomic E-state index is 13.6. The summed E-state index contributed by atoms with van der Waals surface area (Å²) in [7, 11) is 1.54. The maximum absolute atomic E-state index is 13.6. The number of aromatic hydroxyl groups is 1. The first-order chi connectivity index (χ1) is 15.9. The second kappa shape index (κ2) is 11.5. The molecule has 2 aromatic carbocycles. The van der Waals surface area contributed by atoms with Gasteiger partial charge in [0.1, 0.15) is 23.4 Å². The first-order valence-corrected chi connectivity index (χ1v) is 11.3. The molecular weight excluding hydrogens is 434 g/mol. The van der Waals surface area contributed by atoms with Crippen molar-refractivity contribution in [3.63, 3.8) is 0 Å². The molecule has 2 aromatic rings. The fourth-order valence-corrected chi connectivity index (χ4v) is 3.44. The quantitative estimate of drug-likeness (QED) is 0.548. The Morgan fingerprint density at radius 1 is 0.971 bits per heavy atom. The van der Waals surface area contributed by atoms with E-state index in [1.165, 1.54) is 17.0 Å². The largest absolute Gasteiger partial charge is 0.508 e. The van der Waals surface area contributed by atoms with E-state index in [0.717, 1.165) is 5.56 Å². The monoisotopic (exact) mass is 469 g/mol. The second-order valence-electron chi connectivity index (χ2n) is 9.50. The van der Waals surface area contributed by atoms with Gasteiger partial charge in [-0.3, -0.25) is 9.59 Å². The number of hydrogen-bond acceptors (Lipinski definition) is 5. The lowest BCUT2D eigenvalue weighted by Gasteiger charge is -2.32. The minimum absolute atomic E-state index is 0.0957. The summed E-state index contributed by atoms with van der Waals surface area (Å²) >= 11 is 0. The third kappa shape index (κ3) is 8.10. The number of likely N-dealkylation sites (N-methyl/N-ethyl adjacent to an activating group) is 1. The SMILES string of the molecule is CC(C)NC(=O)C(c1ccccc1)N(C)C(=O)C(Cc1ccc(O)cc1)NC(=O)OC(C)(C)C. The van der Waals surface area contributed by atoms with Gasteiger partial charge >= 0.3 is 6.09 Å². The van der Waals surface area contributed by atoms with Crippen LogP contribution in [0.3, 0.4) is 0 Å². The molecule has 0 heterocycles. The van der Waals surface area contributed by atoms with E-state index in [1.54, 1.807) is 64.2 Å². The Kier molecular flexibility index (Phi) is 9.06. The van der Waals surface area contributed by atoms with E-state index < -0.39 is 29.7 Å². The molecule has 3 N–H and O–H groups in total. The minimum atomic E-state index is -0.998. The molecule has 0 fully saturated rings. The van der Waals surface area contributed by atoms with Crippen LogP contribution in [0.1, 0.15) is 51.8 Å². The summed E-state index contributed by atoms with van der Waals surface area (Å²) in [6, 6.07) is 13.4. The molecule has 8 nitrogen and oxygen atoms in total. The number of carbonyl (C=O) groups excluding carboxylic acids is 3. The molecule has 3 amide bonds. The molecule has 8 heteroatoms. The highest BCUT2D eigenvalue weighted by Gasteiger charge is 2.34. The van der Waals surface area contributed by atoms with Crippen LogP contribution in [-0.4, -0.2) is 52.6 Å². The van der Waals surface area contributed by atoms with Gasteiger partial charge in [0.25, 0.3) is 0 Å². The number of ether oxygens (including phenoxy) is 1. The summed E-state index contributed by atoms with van der Waals surface area (Å²) < 4.78 is 5.36. The van der Waals surface area contributed by atoms with Gasteiger partial charge in [0, 0.05) is 19.5 Å². The van der Waals surface area contributed by atoms with Gasteiger partial charge in [0.15, 0.2) is 0 Å². The van der Waals surface area contributed by atoms with Crippen molar-refractivity contribution in [2.24, 2.45) is 0 Å². The molecule has 0 radical (unpaired) electrons. The number of nitrogens with zero attached hydrogens (tertiary/aromatic N) is 1. The third-order valence-electron chi connectivity index (χ3n) is 4.89. The van der Waals surface area contributed by atoms with Gasteiger partial charge in [0.05, 0.1) is 0 Å². The molecule has 34 heavy (non-hydrogen) atoms. The molecule has 2 unspecified atom stereocenters. The fraction of sp³-hybridized carbons (Fsp3) is 0.423. The Balaban J connectivity index is 2.37. The fourth-order valence-electron chi connectivity index (χ4n) is 3.44. The molecule has 0 saturated carbocycles. The predicted octanol–water partition coefficient (Wildman–Crippen LogP) is 3.55. The molecule has 184 valence electrons. The molecule has 2 atom stereocenters. The van der Waals surface area contributed by atoms with Crippen LogP contribution in [-0.2, 0) is 20.7 Å². The standard InChI is InChI=1S/C26H35N3O5/c1-17(2)27-23(31)22(19-10-8-7-9-11-19)29(6)24(32)21(28-25(33)34-26(3,4)5)16-18-12-14-20(30)15-13-18/h7-15,17,21-22,30H,16H2,1-6H3,(H,27,31)(H,28,33). The van der Waals surface area contributed by atoms with Crippen LogP contribution in [0, 0.1) is 0 Å². The van der Waals surface area contributed by atoms with E-state index >= 15 is 0 Å². The van der Waals surface area contributed by atoms with E-state index in [2.05, 4.69) is 10.6 Å². The lowest BCUT2D eigenvalue weighted by molar-refractivity contribution is -0.141. The molecule has 0 bridgehead atoms. The zero-order chi connectivity index (χ0) is 25.5. The van der Waals surface area contributed by atoms with Gasteiger partial charge in [-0.15, -0.1) is 0 Å². The van der Waals surface area contributed by atoms with Crippen LogP contribution in [0.2, 0.25) is 0 Å². The summed E-state index contributed by atoms with van der Waals surface area (Å²) in [5, 5.41) is 15.1. The van der Waals surface area contributed by atoms with E-state index in [-0.39, 0.29) is 24.1 Å². The Labute approximate surface area is 201 Å². The third-order valence-corrected chi connectivity index (χ3v) is 4.89. The predicted molar refractivity (Wildman–Crippen MR) is 130 cm³/mol. The smallest absolute Gasteiger partial charge is 0.408 e. The number of nitrogens with one attached hydrogen (secondary N) is 2. The lowest BCUT2D eigenvalue weighted by atomic mass is 10.0. The van der Waals surface area contributed by atoms with Crippen LogP contribution in [0.4, 0.5) is 4.79 Å². The Bertz CT molecular complexity index is 968. The topological polar surface area (TPSA) is 108 Å². The van der Waals surface area contributed by atoms with Gasteiger partial charge in [-0.2, -0.15) is 0 Å². The number of hydrogen-bond donors (Lipinski definition) is 3. The summed E-state index contributed by atoms with van der Waals surface area (Å²) in [4.78, 5) is 40.6. The average molecular weight is 470 g/mol. The van der Waals surface area contributed by atoms with Crippen molar-refractivity contribution in [1.82, 2.24) is 15.5 Å². The highest BCUT2D eigenvalue weighted by Crippen LogP contribution is 2.22. The highest BCUT2D eigenvalue weighted by atomic mass is 16.6. The number of carbonyl (C=O) groups is 3. The van der Waals surface area contributed by atoms with Crippen LogP contribution >= 0.6 is 0 Å². The average Bonchev–Trinajstić information content (AvgIpc) is 2.73. The molecule has 2 rings (SSSR count). The molecule has 0 aliphatic carbocycles. The normalized spacial score (nSPS) is 13.0. The van der Waals surface area contributed by atoms with E-state index in [9.17, 15) is 19.5 Å². The number of phenols is 1. The van der Waals surface area contributed by atoms with Gasteiger partial charge in [0.2, 0.25) is 11.8 Å². The van der Waals surface area contributed by atoms with Crippen molar-refractivity contribution in [1.29, 1.82) is 0 Å². The Hall–Kier alpha value is -3.55. The Morgan fingerprint density at radius 3 is 2.09 bits per heavy atom. The van der Waals surface area contributed by atoms with Crippen molar-refractivity contribution >= 4 is 17.9 Å². The number of amides is 3. The second-order valence-corrected chi connectivity index (χ2v) is 9.50. The summed E-state index contributed by atoms with van der Waals surface area (Å²) in [5.74, 6) is -0.678. The van der Waals surface area contributed by atoms with E-state index in [0.29, 0.717) is 5.56 Å². The molecule has 0 spiro atoms. The Morgan fingerprint density at radius 2 is 1.56 bits per heavy atom. The molecule has 0 aliphatic rings. The maximum Gasteiger partial charge on any atom is 0.408 e. The van der Waals surface area contributed by atoms with Gasteiger partial charge < -0.3 is 25.4 Å². The van der Waals surface area contributed by atoms with Crippen LogP contribution in [0.25, 0.3) is 0 Å². The van der Waals surface area contributed by atoms with Crippen molar-refractivity contribution in [3.8, 4) is 5.75 Å². The van der Waals surface area contributed by atoms with Crippen LogP contribution in [0.15, 0.2) is 54.6 Å². The van der Waals surface area contributed by atoms with E-state index in [4.69, 9.17) is 4.74 Å². The van der Waals surface area contributed by atoms with Crippen molar-refractivity contribution in [2.75, 3.05) is 7.05 Å². The summed E-state index contributed by atoms with van der Waals surface area (Å²) in [6.45, 7) is 8.89. The molecule has 0 aromatic heterocycles. The molecule has 0 saturated heterocycles. The van der Waals surface area contributed by atoms with Crippen molar-refractivity contribution in [2.45, 2.75) is 64.8 Å². The van der Waals surface area contributed by atoms with Crippen LogP contribution in [0.5, 0.6) is 5.75 Å². The van der Waals surface area contributed by atoms with Crippen molar-refractivity contribution < 1.29 is 24.2 Å². The van der Waals surface area contributed by atoms with Gasteiger partial charge in [-0.05, 0) is 57.9 Å². The zero-order valence-electron chi connectivity index (χ0n) is 20.7. The zero-order valence-corrected chi connectivity index (χ0v) is 20.7. The van der Waals surface area contributed by atoms with Gasteiger partial charge in [-0.25, -0.2) is 4.79 Å². The first-order valence-electron chi connectivity index (χ1n) is 11.3. The summed E-state index contributed by atoms with van der Waals surface area (Å²) in [6.07, 6.45) is -0.586. The highest BCUT2D eigenvalue weighted by molar-refractivity contribution is 5.92. The number of rotatable bonds is 8. The summed E-state index contributed by atoms with van der Waals surface area (Å²) in [5.41, 5.74) is 0.631. The first kappa shape index (κ1) is 26.7. The number of phenolic OH excluding ortho intramolecular Hbond substituents is 1. The number of alkyl carbamates (subject to hydrolysis) is 1. The lowest BCUT2D eigenvalue weighted by Crippen LogP contribution is -2.53. The van der Waals surface area contributed by atoms with E-state index in [1.807, 2.05) is 19.9 Å². The minimum Gasteiger partial charge on any atom is -0.508 e.